The van der Waals surface area contributed by atoms with Gasteiger partial charge in [-0.3, -0.25) is 0 Å². The van der Waals surface area contributed by atoms with E-state index in [1.165, 1.54) is 16.7 Å². The molecule has 3 aromatic carbocycles. The summed E-state index contributed by atoms with van der Waals surface area (Å²) >= 11 is 8.05. The maximum atomic E-state index is 6.30. The molecule has 5 heteroatoms. The van der Waals surface area contributed by atoms with Gasteiger partial charge in [-0.1, -0.05) is 71.8 Å². The Kier molecular flexibility index (Phi) is 5.73. The van der Waals surface area contributed by atoms with E-state index in [1.54, 1.807) is 18.1 Å². The summed E-state index contributed by atoms with van der Waals surface area (Å²) in [5.41, 5.74) is 8.02. The minimum atomic E-state index is 0.698. The predicted octanol–water partition coefficient (Wildman–Crippen LogP) is 7.65. The van der Waals surface area contributed by atoms with Gasteiger partial charge in [0.1, 0.15) is 17.0 Å². The Morgan fingerprint density at radius 3 is 2.56 bits per heavy atom. The second-order valence-electron chi connectivity index (χ2n) is 7.85. The molecule has 3 nitrogen and oxygen atoms in total. The molecule has 0 radical (unpaired) electrons. The molecule has 0 aliphatic carbocycles. The summed E-state index contributed by atoms with van der Waals surface area (Å²) in [5.74, 6) is 0.857. The summed E-state index contributed by atoms with van der Waals surface area (Å²) in [6, 6.07) is 24.9. The molecular weight excluding hydrogens is 434 g/mol. The number of aryl methyl sites for hydroxylation is 2. The van der Waals surface area contributed by atoms with E-state index in [0.29, 0.717) is 5.02 Å². The quantitative estimate of drug-likeness (QED) is 0.201. The lowest BCUT2D eigenvalue weighted by molar-refractivity contribution is 1.04. The van der Waals surface area contributed by atoms with E-state index in [0.717, 1.165) is 38.6 Å². The Balaban J connectivity index is 1.66. The smallest absolute Gasteiger partial charge is 0.149 e. The monoisotopic (exact) mass is 455 g/mol. The van der Waals surface area contributed by atoms with Gasteiger partial charge in [0.05, 0.1) is 5.39 Å². The van der Waals surface area contributed by atoms with Crippen LogP contribution in [0.5, 0.6) is 0 Å². The molecule has 158 valence electrons. The fourth-order valence-corrected chi connectivity index (χ4v) is 5.16. The van der Waals surface area contributed by atoms with E-state index >= 15 is 0 Å². The van der Waals surface area contributed by atoms with E-state index in [4.69, 9.17) is 16.6 Å². The predicted molar refractivity (Wildman–Crippen MR) is 135 cm³/mol. The second kappa shape index (κ2) is 8.81. The van der Waals surface area contributed by atoms with Crippen LogP contribution in [-0.4, -0.2) is 14.5 Å². The first kappa shape index (κ1) is 20.8. The lowest BCUT2D eigenvalue weighted by Gasteiger charge is -2.09. The van der Waals surface area contributed by atoms with Gasteiger partial charge in [-0.05, 0) is 48.7 Å². The lowest BCUT2D eigenvalue weighted by Crippen LogP contribution is -1.95. The number of hydrogen-bond acceptors (Lipinski definition) is 3. The number of fused-ring (bicyclic) bond motifs is 1. The number of rotatable bonds is 5. The summed E-state index contributed by atoms with van der Waals surface area (Å²) in [6.07, 6.45) is 3.80. The molecule has 5 aromatic rings. The van der Waals surface area contributed by atoms with Crippen LogP contribution in [0.25, 0.3) is 27.8 Å². The zero-order valence-electron chi connectivity index (χ0n) is 17.9. The van der Waals surface area contributed by atoms with Crippen LogP contribution in [0.2, 0.25) is 5.02 Å². The Morgan fingerprint density at radius 1 is 0.906 bits per heavy atom. The summed E-state index contributed by atoms with van der Waals surface area (Å²) in [7, 11) is 0. The van der Waals surface area contributed by atoms with Crippen molar-refractivity contribution < 1.29 is 0 Å². The normalized spacial score (nSPS) is 11.2. The molecule has 2 aromatic heterocycles. The topological polar surface area (TPSA) is 30.7 Å². The molecule has 0 fully saturated rings. The SMILES string of the molecule is Cc1ccc(C)c(CSc2ncnc3c2c(-c2ccccc2)cn3-c2cccc(Cl)c2)c1. The minimum Gasteiger partial charge on any atom is -0.301 e. The summed E-state index contributed by atoms with van der Waals surface area (Å²) < 4.78 is 2.10. The number of nitrogens with zero attached hydrogens (tertiary/aromatic N) is 3. The van der Waals surface area contributed by atoms with Gasteiger partial charge >= 0.3 is 0 Å². The largest absolute Gasteiger partial charge is 0.301 e. The Labute approximate surface area is 197 Å². The van der Waals surface area contributed by atoms with Crippen molar-refractivity contribution in [3.63, 3.8) is 0 Å². The average molecular weight is 456 g/mol. The molecule has 0 aliphatic rings. The summed E-state index contributed by atoms with van der Waals surface area (Å²) in [4.78, 5) is 9.37. The van der Waals surface area contributed by atoms with Gasteiger partial charge in [-0.15, -0.1) is 11.8 Å². The number of benzene rings is 3. The third-order valence-corrected chi connectivity index (χ3v) is 6.86. The fourth-order valence-electron chi connectivity index (χ4n) is 3.90. The van der Waals surface area contributed by atoms with Crippen molar-refractivity contribution in [1.82, 2.24) is 14.5 Å². The van der Waals surface area contributed by atoms with Crippen LogP contribution in [0, 0.1) is 13.8 Å². The van der Waals surface area contributed by atoms with Crippen molar-refractivity contribution in [3.8, 4) is 16.8 Å². The van der Waals surface area contributed by atoms with Crippen molar-refractivity contribution in [2.24, 2.45) is 0 Å². The van der Waals surface area contributed by atoms with Gasteiger partial charge in [0.15, 0.2) is 0 Å². The first-order chi connectivity index (χ1) is 15.6. The van der Waals surface area contributed by atoms with Gasteiger partial charge in [0.2, 0.25) is 0 Å². The first-order valence-corrected chi connectivity index (χ1v) is 11.8. The molecule has 0 atom stereocenters. The molecule has 32 heavy (non-hydrogen) atoms. The molecule has 2 heterocycles. The molecule has 0 aliphatic heterocycles. The summed E-state index contributed by atoms with van der Waals surface area (Å²) in [6.45, 7) is 4.30. The molecule has 0 unspecified atom stereocenters. The zero-order valence-corrected chi connectivity index (χ0v) is 19.5. The second-order valence-corrected chi connectivity index (χ2v) is 9.26. The van der Waals surface area contributed by atoms with Crippen molar-refractivity contribution in [2.75, 3.05) is 0 Å². The van der Waals surface area contributed by atoms with E-state index in [-0.39, 0.29) is 0 Å². The van der Waals surface area contributed by atoms with E-state index in [2.05, 4.69) is 72.1 Å². The molecular formula is C27H22ClN3S. The van der Waals surface area contributed by atoms with E-state index < -0.39 is 0 Å². The van der Waals surface area contributed by atoms with Gasteiger partial charge in [0.25, 0.3) is 0 Å². The Bertz CT molecular complexity index is 1410. The molecule has 0 amide bonds. The van der Waals surface area contributed by atoms with Crippen LogP contribution < -0.4 is 0 Å². The molecule has 0 saturated carbocycles. The number of halogens is 1. The van der Waals surface area contributed by atoms with Crippen LogP contribution >= 0.6 is 23.4 Å². The van der Waals surface area contributed by atoms with E-state index in [1.807, 2.05) is 30.3 Å². The number of hydrogen-bond donors (Lipinski definition) is 0. The van der Waals surface area contributed by atoms with Crippen LogP contribution in [0.15, 0.2) is 90.3 Å². The van der Waals surface area contributed by atoms with Gasteiger partial charge < -0.3 is 4.57 Å². The molecule has 5 rings (SSSR count). The van der Waals surface area contributed by atoms with Crippen LogP contribution in [-0.2, 0) is 5.75 Å². The third-order valence-electron chi connectivity index (χ3n) is 5.59. The van der Waals surface area contributed by atoms with Crippen LogP contribution in [0.3, 0.4) is 0 Å². The maximum Gasteiger partial charge on any atom is 0.149 e. The van der Waals surface area contributed by atoms with Gasteiger partial charge in [0, 0.05) is 28.2 Å². The first-order valence-electron chi connectivity index (χ1n) is 10.5. The third kappa shape index (κ3) is 4.04. The van der Waals surface area contributed by atoms with Crippen molar-refractivity contribution >= 4 is 34.4 Å². The highest BCUT2D eigenvalue weighted by molar-refractivity contribution is 7.98. The highest BCUT2D eigenvalue weighted by Crippen LogP contribution is 2.38. The van der Waals surface area contributed by atoms with Crippen molar-refractivity contribution in [3.05, 3.63) is 107 Å². The highest BCUT2D eigenvalue weighted by Gasteiger charge is 2.18. The average Bonchev–Trinajstić information content (AvgIpc) is 3.21. The van der Waals surface area contributed by atoms with Crippen LogP contribution in [0.1, 0.15) is 16.7 Å². The standard InChI is InChI=1S/C27H22ClN3S/c1-18-11-12-19(2)21(13-18)16-32-27-25-24(20-7-4-3-5-8-20)15-31(26(25)29-17-30-27)23-10-6-9-22(28)14-23/h3-15,17H,16H2,1-2H3. The fraction of sp³-hybridized carbons (Fsp3) is 0.111. The lowest BCUT2D eigenvalue weighted by atomic mass is 10.1. The van der Waals surface area contributed by atoms with Crippen molar-refractivity contribution in [2.45, 2.75) is 24.6 Å². The van der Waals surface area contributed by atoms with Gasteiger partial charge in [-0.2, -0.15) is 0 Å². The molecule has 0 N–H and O–H groups in total. The summed E-state index contributed by atoms with van der Waals surface area (Å²) in [5, 5.41) is 2.74. The maximum absolute atomic E-state index is 6.30. The Hall–Kier alpha value is -3.08. The molecule has 0 saturated heterocycles. The van der Waals surface area contributed by atoms with Crippen LogP contribution in [0.4, 0.5) is 0 Å². The molecule has 0 spiro atoms. The van der Waals surface area contributed by atoms with Crippen molar-refractivity contribution in [1.29, 1.82) is 0 Å². The van der Waals surface area contributed by atoms with Gasteiger partial charge in [-0.25, -0.2) is 9.97 Å². The zero-order chi connectivity index (χ0) is 22.1. The molecule has 0 bridgehead atoms. The number of aromatic nitrogens is 3. The number of thioether (sulfide) groups is 1. The highest BCUT2D eigenvalue weighted by atomic mass is 35.5. The van der Waals surface area contributed by atoms with E-state index in [9.17, 15) is 0 Å². The minimum absolute atomic E-state index is 0.698. The Morgan fingerprint density at radius 2 is 1.75 bits per heavy atom.